The van der Waals surface area contributed by atoms with Gasteiger partial charge in [-0.3, -0.25) is 9.89 Å². The van der Waals surface area contributed by atoms with E-state index in [2.05, 4.69) is 39.6 Å². The second-order valence-corrected chi connectivity index (χ2v) is 6.26. The summed E-state index contributed by atoms with van der Waals surface area (Å²) in [7, 11) is 3.53. The van der Waals surface area contributed by atoms with Crippen molar-refractivity contribution >= 4 is 5.96 Å². The molecular weight excluding hydrogens is 300 g/mol. The van der Waals surface area contributed by atoms with Crippen molar-refractivity contribution in [2.45, 2.75) is 38.6 Å². The van der Waals surface area contributed by atoms with Gasteiger partial charge in [0.1, 0.15) is 5.75 Å². The van der Waals surface area contributed by atoms with Gasteiger partial charge in [0, 0.05) is 26.2 Å². The molecule has 2 rings (SSSR count). The highest BCUT2D eigenvalue weighted by Crippen LogP contribution is 2.15. The fraction of sp³-hybridized carbons (Fsp3) is 0.632. The van der Waals surface area contributed by atoms with Crippen LogP contribution in [0.25, 0.3) is 0 Å². The van der Waals surface area contributed by atoms with Crippen LogP contribution in [0.3, 0.4) is 0 Å². The number of guanidine groups is 1. The molecule has 1 aromatic rings. The number of hydrogen-bond donors (Lipinski definition) is 2. The minimum atomic E-state index is 0.629. The van der Waals surface area contributed by atoms with Gasteiger partial charge in [-0.2, -0.15) is 0 Å². The molecule has 0 aromatic heterocycles. The maximum Gasteiger partial charge on any atom is 0.191 e. The zero-order valence-corrected chi connectivity index (χ0v) is 15.3. The van der Waals surface area contributed by atoms with E-state index in [1.165, 1.54) is 31.4 Å². The van der Waals surface area contributed by atoms with Crippen LogP contribution in [0.15, 0.2) is 29.3 Å². The maximum absolute atomic E-state index is 5.19. The van der Waals surface area contributed by atoms with Gasteiger partial charge in [-0.05, 0) is 50.0 Å². The molecule has 0 aliphatic carbocycles. The molecule has 1 atom stereocenters. The van der Waals surface area contributed by atoms with E-state index in [0.717, 1.165) is 37.8 Å². The molecule has 24 heavy (non-hydrogen) atoms. The summed E-state index contributed by atoms with van der Waals surface area (Å²) in [6, 6.07) is 8.86. The molecule has 1 unspecified atom stereocenters. The first kappa shape index (κ1) is 18.6. The molecule has 1 aliphatic heterocycles. The Bertz CT molecular complexity index is 501. The first-order valence-corrected chi connectivity index (χ1v) is 9.08. The van der Waals surface area contributed by atoms with Gasteiger partial charge in [0.15, 0.2) is 5.96 Å². The van der Waals surface area contributed by atoms with Crippen molar-refractivity contribution in [1.29, 1.82) is 0 Å². The SMILES string of the molecule is CCN1CCCCC1CNC(=NC)NCCc1ccc(OC)cc1. The predicted octanol–water partition coefficient (Wildman–Crippen LogP) is 2.28. The molecule has 1 fully saturated rings. The lowest BCUT2D eigenvalue weighted by molar-refractivity contribution is 0.157. The molecule has 5 nitrogen and oxygen atoms in total. The molecule has 0 bridgehead atoms. The van der Waals surface area contributed by atoms with E-state index in [-0.39, 0.29) is 0 Å². The lowest BCUT2D eigenvalue weighted by atomic mass is 10.0. The zero-order chi connectivity index (χ0) is 17.2. The molecule has 0 saturated carbocycles. The monoisotopic (exact) mass is 332 g/mol. The number of nitrogens with zero attached hydrogens (tertiary/aromatic N) is 2. The topological polar surface area (TPSA) is 48.9 Å². The van der Waals surface area contributed by atoms with Crippen LogP contribution < -0.4 is 15.4 Å². The Hall–Kier alpha value is -1.75. The molecule has 0 amide bonds. The Morgan fingerprint density at radius 3 is 2.71 bits per heavy atom. The van der Waals surface area contributed by atoms with Gasteiger partial charge in [-0.25, -0.2) is 0 Å². The number of nitrogens with one attached hydrogen (secondary N) is 2. The summed E-state index contributed by atoms with van der Waals surface area (Å²) in [6.07, 6.45) is 4.92. The number of aliphatic imine (C=N–C) groups is 1. The normalized spacial score (nSPS) is 19.1. The van der Waals surface area contributed by atoms with Crippen molar-refractivity contribution in [3.63, 3.8) is 0 Å². The standard InChI is InChI=1S/C19H32N4O/c1-4-23-14-6-5-7-17(23)15-22-19(20-2)21-13-12-16-8-10-18(24-3)11-9-16/h8-11,17H,4-7,12-15H2,1-3H3,(H2,20,21,22). The van der Waals surface area contributed by atoms with Crippen LogP contribution in [0.5, 0.6) is 5.75 Å². The van der Waals surface area contributed by atoms with Crippen LogP contribution in [-0.2, 0) is 6.42 Å². The van der Waals surface area contributed by atoms with Gasteiger partial charge in [-0.1, -0.05) is 25.5 Å². The molecular formula is C19H32N4O. The number of rotatable bonds is 7. The summed E-state index contributed by atoms with van der Waals surface area (Å²) in [5.41, 5.74) is 1.29. The lowest BCUT2D eigenvalue weighted by Crippen LogP contribution is -2.49. The third kappa shape index (κ3) is 5.71. The Labute approximate surface area is 146 Å². The van der Waals surface area contributed by atoms with Crippen molar-refractivity contribution < 1.29 is 4.74 Å². The first-order chi connectivity index (χ1) is 11.8. The average molecular weight is 332 g/mol. The third-order valence-corrected chi connectivity index (χ3v) is 4.75. The molecule has 1 aromatic carbocycles. The number of piperidine rings is 1. The Morgan fingerprint density at radius 2 is 2.04 bits per heavy atom. The molecule has 1 heterocycles. The molecule has 1 saturated heterocycles. The Morgan fingerprint density at radius 1 is 1.25 bits per heavy atom. The highest BCUT2D eigenvalue weighted by molar-refractivity contribution is 5.79. The molecule has 0 spiro atoms. The van der Waals surface area contributed by atoms with Gasteiger partial charge in [-0.15, -0.1) is 0 Å². The van der Waals surface area contributed by atoms with Crippen LogP contribution in [-0.4, -0.2) is 57.2 Å². The second-order valence-electron chi connectivity index (χ2n) is 6.26. The van der Waals surface area contributed by atoms with Gasteiger partial charge < -0.3 is 15.4 Å². The molecule has 0 radical (unpaired) electrons. The summed E-state index contributed by atoms with van der Waals surface area (Å²) >= 11 is 0. The van der Waals surface area contributed by atoms with Crippen LogP contribution in [0, 0.1) is 0 Å². The average Bonchev–Trinajstić information content (AvgIpc) is 2.65. The summed E-state index contributed by atoms with van der Waals surface area (Å²) < 4.78 is 5.19. The van der Waals surface area contributed by atoms with E-state index in [4.69, 9.17) is 4.74 Å². The van der Waals surface area contributed by atoms with Gasteiger partial charge in [0.2, 0.25) is 0 Å². The first-order valence-electron chi connectivity index (χ1n) is 9.08. The van der Waals surface area contributed by atoms with Crippen molar-refractivity contribution in [2.24, 2.45) is 4.99 Å². The van der Waals surface area contributed by atoms with Crippen molar-refractivity contribution in [3.8, 4) is 5.75 Å². The van der Waals surface area contributed by atoms with Gasteiger partial charge in [0.05, 0.1) is 7.11 Å². The number of likely N-dealkylation sites (tertiary alicyclic amines) is 1. The van der Waals surface area contributed by atoms with E-state index in [0.29, 0.717) is 6.04 Å². The number of ether oxygens (including phenoxy) is 1. The predicted molar refractivity (Wildman–Crippen MR) is 101 cm³/mol. The summed E-state index contributed by atoms with van der Waals surface area (Å²) in [5, 5.41) is 6.89. The Balaban J connectivity index is 1.71. The van der Waals surface area contributed by atoms with Crippen molar-refractivity contribution in [1.82, 2.24) is 15.5 Å². The highest BCUT2D eigenvalue weighted by atomic mass is 16.5. The molecule has 134 valence electrons. The minimum Gasteiger partial charge on any atom is -0.497 e. The smallest absolute Gasteiger partial charge is 0.191 e. The molecule has 1 aliphatic rings. The Kier molecular flexibility index (Phi) is 7.89. The zero-order valence-electron chi connectivity index (χ0n) is 15.3. The number of methoxy groups -OCH3 is 1. The molecule has 5 heteroatoms. The van der Waals surface area contributed by atoms with Crippen LogP contribution in [0.2, 0.25) is 0 Å². The van der Waals surface area contributed by atoms with Gasteiger partial charge in [0.25, 0.3) is 0 Å². The quantitative estimate of drug-likeness (QED) is 0.594. The van der Waals surface area contributed by atoms with E-state index in [1.54, 1.807) is 7.11 Å². The van der Waals surface area contributed by atoms with Crippen molar-refractivity contribution in [2.75, 3.05) is 40.3 Å². The van der Waals surface area contributed by atoms with E-state index in [9.17, 15) is 0 Å². The maximum atomic E-state index is 5.19. The largest absolute Gasteiger partial charge is 0.497 e. The number of likely N-dealkylation sites (N-methyl/N-ethyl adjacent to an activating group) is 1. The number of hydrogen-bond acceptors (Lipinski definition) is 3. The molecule has 2 N–H and O–H groups in total. The van der Waals surface area contributed by atoms with E-state index >= 15 is 0 Å². The third-order valence-electron chi connectivity index (χ3n) is 4.75. The van der Waals surface area contributed by atoms with Crippen LogP contribution in [0.1, 0.15) is 31.7 Å². The fourth-order valence-corrected chi connectivity index (χ4v) is 3.26. The highest BCUT2D eigenvalue weighted by Gasteiger charge is 2.20. The van der Waals surface area contributed by atoms with Crippen LogP contribution >= 0.6 is 0 Å². The fourth-order valence-electron chi connectivity index (χ4n) is 3.26. The van der Waals surface area contributed by atoms with Gasteiger partial charge >= 0.3 is 0 Å². The van der Waals surface area contributed by atoms with E-state index < -0.39 is 0 Å². The minimum absolute atomic E-state index is 0.629. The van der Waals surface area contributed by atoms with Crippen molar-refractivity contribution in [3.05, 3.63) is 29.8 Å². The summed E-state index contributed by atoms with van der Waals surface area (Å²) in [4.78, 5) is 6.91. The summed E-state index contributed by atoms with van der Waals surface area (Å²) in [6.45, 7) is 6.45. The lowest BCUT2D eigenvalue weighted by Gasteiger charge is -2.35. The van der Waals surface area contributed by atoms with Crippen LogP contribution in [0.4, 0.5) is 0 Å². The summed E-state index contributed by atoms with van der Waals surface area (Å²) in [5.74, 6) is 1.79. The van der Waals surface area contributed by atoms with E-state index in [1.807, 2.05) is 19.2 Å². The number of benzene rings is 1. The second kappa shape index (κ2) is 10.2.